The lowest BCUT2D eigenvalue weighted by molar-refractivity contribution is 0.181. The molecular weight excluding hydrogens is 356 g/mol. The SMILES string of the molecule is C=CCc1ccc(O)c(-c2cc(CC=C)ccc2OCC2CCC(CC)CC2)c1. The van der Waals surface area contributed by atoms with Crippen LogP contribution in [0.15, 0.2) is 61.7 Å². The lowest BCUT2D eigenvalue weighted by Gasteiger charge is -2.28. The summed E-state index contributed by atoms with van der Waals surface area (Å²) < 4.78 is 6.33. The van der Waals surface area contributed by atoms with Crippen LogP contribution in [-0.2, 0) is 12.8 Å². The number of hydrogen-bond donors (Lipinski definition) is 1. The summed E-state index contributed by atoms with van der Waals surface area (Å²) >= 11 is 0. The van der Waals surface area contributed by atoms with Crippen molar-refractivity contribution in [2.75, 3.05) is 6.61 Å². The summed E-state index contributed by atoms with van der Waals surface area (Å²) in [4.78, 5) is 0. The Morgan fingerprint density at radius 2 is 1.48 bits per heavy atom. The van der Waals surface area contributed by atoms with Crippen LogP contribution in [0.5, 0.6) is 11.5 Å². The molecule has 0 heterocycles. The Kier molecular flexibility index (Phi) is 7.57. The minimum atomic E-state index is 0.280. The van der Waals surface area contributed by atoms with E-state index in [1.54, 1.807) is 6.07 Å². The summed E-state index contributed by atoms with van der Waals surface area (Å²) in [7, 11) is 0. The van der Waals surface area contributed by atoms with Crippen LogP contribution < -0.4 is 4.74 Å². The zero-order chi connectivity index (χ0) is 20.6. The standard InChI is InChI=1S/C27H34O2/c1-4-7-21-13-15-26(28)24(17-21)25-18-22(8-5-2)14-16-27(25)29-19-23-11-9-20(6-3)10-12-23/h4-5,13-18,20,23,28H,1-2,6-12,19H2,3H3. The number of phenols is 1. The molecular formula is C27H34O2. The van der Waals surface area contributed by atoms with Gasteiger partial charge in [-0.15, -0.1) is 13.2 Å². The fourth-order valence-electron chi connectivity index (χ4n) is 4.31. The Bertz CT molecular complexity index is 828. The minimum Gasteiger partial charge on any atom is -0.507 e. The first-order valence-corrected chi connectivity index (χ1v) is 10.9. The van der Waals surface area contributed by atoms with Crippen LogP contribution >= 0.6 is 0 Å². The third-order valence-electron chi connectivity index (χ3n) is 6.17. The first-order valence-electron chi connectivity index (χ1n) is 10.9. The summed E-state index contributed by atoms with van der Waals surface area (Å²) in [5.41, 5.74) is 4.07. The summed E-state index contributed by atoms with van der Waals surface area (Å²) in [6.45, 7) is 10.7. The van der Waals surface area contributed by atoms with Crippen molar-refractivity contribution < 1.29 is 9.84 Å². The maximum Gasteiger partial charge on any atom is 0.127 e. The number of benzene rings is 2. The topological polar surface area (TPSA) is 29.5 Å². The second-order valence-corrected chi connectivity index (χ2v) is 8.27. The Balaban J connectivity index is 1.85. The molecule has 29 heavy (non-hydrogen) atoms. The Morgan fingerprint density at radius 3 is 2.10 bits per heavy atom. The summed E-state index contributed by atoms with van der Waals surface area (Å²) in [6.07, 6.45) is 11.8. The zero-order valence-corrected chi connectivity index (χ0v) is 17.7. The normalized spacial score (nSPS) is 18.9. The number of aromatic hydroxyl groups is 1. The summed E-state index contributed by atoms with van der Waals surface area (Å²) in [5, 5.41) is 10.6. The van der Waals surface area contributed by atoms with E-state index in [1.165, 1.54) is 37.7 Å². The summed E-state index contributed by atoms with van der Waals surface area (Å²) in [6, 6.07) is 12.0. The van der Waals surface area contributed by atoms with Gasteiger partial charge in [0.05, 0.1) is 6.61 Å². The van der Waals surface area contributed by atoms with Crippen LogP contribution in [-0.4, -0.2) is 11.7 Å². The molecule has 0 aromatic heterocycles. The maximum absolute atomic E-state index is 10.6. The highest BCUT2D eigenvalue weighted by molar-refractivity contribution is 5.76. The van der Waals surface area contributed by atoms with Gasteiger partial charge in [0.1, 0.15) is 11.5 Å². The van der Waals surface area contributed by atoms with E-state index in [0.29, 0.717) is 5.92 Å². The highest BCUT2D eigenvalue weighted by atomic mass is 16.5. The molecule has 0 spiro atoms. The lowest BCUT2D eigenvalue weighted by Crippen LogP contribution is -2.20. The lowest BCUT2D eigenvalue weighted by atomic mass is 9.81. The van der Waals surface area contributed by atoms with Crippen molar-refractivity contribution in [3.63, 3.8) is 0 Å². The molecule has 0 atom stereocenters. The van der Waals surface area contributed by atoms with Crippen molar-refractivity contribution in [2.24, 2.45) is 11.8 Å². The molecule has 2 aromatic carbocycles. The highest BCUT2D eigenvalue weighted by Crippen LogP contribution is 2.38. The van der Waals surface area contributed by atoms with Gasteiger partial charge in [-0.25, -0.2) is 0 Å². The maximum atomic E-state index is 10.6. The van der Waals surface area contributed by atoms with E-state index in [-0.39, 0.29) is 5.75 Å². The third kappa shape index (κ3) is 5.53. The van der Waals surface area contributed by atoms with Gasteiger partial charge in [0, 0.05) is 11.1 Å². The average molecular weight is 391 g/mol. The molecule has 2 nitrogen and oxygen atoms in total. The quantitative estimate of drug-likeness (QED) is 0.462. The van der Waals surface area contributed by atoms with Crippen molar-refractivity contribution in [1.82, 2.24) is 0 Å². The van der Waals surface area contributed by atoms with Crippen molar-refractivity contribution in [2.45, 2.75) is 51.9 Å². The van der Waals surface area contributed by atoms with Gasteiger partial charge >= 0.3 is 0 Å². The molecule has 0 saturated heterocycles. The fraction of sp³-hybridized carbons (Fsp3) is 0.407. The number of hydrogen-bond acceptors (Lipinski definition) is 2. The van der Waals surface area contributed by atoms with Crippen LogP contribution in [0, 0.1) is 11.8 Å². The molecule has 3 rings (SSSR count). The van der Waals surface area contributed by atoms with Gasteiger partial charge in [-0.05, 0) is 72.9 Å². The van der Waals surface area contributed by atoms with Gasteiger partial charge in [0.2, 0.25) is 0 Å². The Hall–Kier alpha value is -2.48. The second-order valence-electron chi connectivity index (χ2n) is 8.27. The van der Waals surface area contributed by atoms with Crippen LogP contribution in [0.4, 0.5) is 0 Å². The average Bonchev–Trinajstić information content (AvgIpc) is 2.75. The van der Waals surface area contributed by atoms with Crippen LogP contribution in [0.25, 0.3) is 11.1 Å². The minimum absolute atomic E-state index is 0.280. The molecule has 0 bridgehead atoms. The highest BCUT2D eigenvalue weighted by Gasteiger charge is 2.21. The van der Waals surface area contributed by atoms with Crippen LogP contribution in [0.2, 0.25) is 0 Å². The summed E-state index contributed by atoms with van der Waals surface area (Å²) in [5.74, 6) is 2.65. The third-order valence-corrected chi connectivity index (χ3v) is 6.17. The van der Waals surface area contributed by atoms with Gasteiger partial charge in [0.15, 0.2) is 0 Å². The van der Waals surface area contributed by atoms with E-state index in [1.807, 2.05) is 30.4 Å². The monoisotopic (exact) mass is 390 g/mol. The second kappa shape index (κ2) is 10.3. The number of phenolic OH excluding ortho intramolecular Hbond substituents is 1. The molecule has 1 N–H and O–H groups in total. The first kappa shape index (κ1) is 21.2. The molecule has 0 radical (unpaired) electrons. The Labute approximate surface area is 175 Å². The van der Waals surface area contributed by atoms with Crippen LogP contribution in [0.3, 0.4) is 0 Å². The largest absolute Gasteiger partial charge is 0.507 e. The molecule has 0 amide bonds. The van der Waals surface area contributed by atoms with E-state index in [0.717, 1.165) is 47.8 Å². The zero-order valence-electron chi connectivity index (χ0n) is 17.7. The fourth-order valence-corrected chi connectivity index (χ4v) is 4.31. The van der Waals surface area contributed by atoms with E-state index < -0.39 is 0 Å². The first-order chi connectivity index (χ1) is 14.1. The van der Waals surface area contributed by atoms with E-state index >= 15 is 0 Å². The molecule has 1 fully saturated rings. The number of ether oxygens (including phenoxy) is 1. The van der Waals surface area contributed by atoms with Gasteiger partial charge in [-0.3, -0.25) is 0 Å². The molecule has 2 heteroatoms. The molecule has 0 unspecified atom stereocenters. The van der Waals surface area contributed by atoms with Crippen molar-refractivity contribution in [3.8, 4) is 22.6 Å². The molecule has 0 aliphatic heterocycles. The van der Waals surface area contributed by atoms with E-state index in [2.05, 4.69) is 32.2 Å². The molecule has 2 aromatic rings. The number of allylic oxidation sites excluding steroid dienone is 2. The predicted octanol–water partition coefficient (Wildman–Crippen LogP) is 7.11. The van der Waals surface area contributed by atoms with E-state index in [9.17, 15) is 5.11 Å². The molecule has 1 aliphatic carbocycles. The van der Waals surface area contributed by atoms with Gasteiger partial charge in [-0.1, -0.05) is 50.5 Å². The van der Waals surface area contributed by atoms with Crippen molar-refractivity contribution in [1.29, 1.82) is 0 Å². The molecule has 1 saturated carbocycles. The van der Waals surface area contributed by atoms with Crippen molar-refractivity contribution >= 4 is 0 Å². The van der Waals surface area contributed by atoms with Gasteiger partial charge < -0.3 is 9.84 Å². The smallest absolute Gasteiger partial charge is 0.127 e. The van der Waals surface area contributed by atoms with Gasteiger partial charge in [0.25, 0.3) is 0 Å². The molecule has 1 aliphatic rings. The molecule has 154 valence electrons. The predicted molar refractivity (Wildman–Crippen MR) is 123 cm³/mol. The number of rotatable bonds is 9. The van der Waals surface area contributed by atoms with Crippen molar-refractivity contribution in [3.05, 3.63) is 72.8 Å². The van der Waals surface area contributed by atoms with Gasteiger partial charge in [-0.2, -0.15) is 0 Å². The van der Waals surface area contributed by atoms with E-state index in [4.69, 9.17) is 4.74 Å². The Morgan fingerprint density at radius 1 is 0.897 bits per heavy atom. The van der Waals surface area contributed by atoms with Crippen LogP contribution in [0.1, 0.15) is 50.2 Å².